The fraction of sp³-hybridized carbons (Fsp3) is 0.417. The summed E-state index contributed by atoms with van der Waals surface area (Å²) in [5.74, 6) is -2.84. The molecule has 0 aliphatic heterocycles. The molecule has 0 bridgehead atoms. The highest BCUT2D eigenvalue weighted by Crippen LogP contribution is 2.34. The van der Waals surface area contributed by atoms with E-state index >= 15 is 0 Å². The first-order valence-corrected chi connectivity index (χ1v) is 10.4. The van der Waals surface area contributed by atoms with Gasteiger partial charge in [0, 0.05) is 11.5 Å². The molecule has 0 heterocycles. The molecule has 0 amide bonds. The van der Waals surface area contributed by atoms with Gasteiger partial charge in [-0.2, -0.15) is 10.2 Å². The maximum absolute atomic E-state index is 13.4. The second-order valence-electron chi connectivity index (χ2n) is 7.75. The summed E-state index contributed by atoms with van der Waals surface area (Å²) >= 11 is 0. The van der Waals surface area contributed by atoms with Gasteiger partial charge in [0.05, 0.1) is 11.9 Å². The summed E-state index contributed by atoms with van der Waals surface area (Å²) < 4.78 is 39.9. The predicted octanol–water partition coefficient (Wildman–Crippen LogP) is 6.92. The number of halogens is 3. The van der Waals surface area contributed by atoms with E-state index in [0.29, 0.717) is 5.92 Å². The van der Waals surface area contributed by atoms with Crippen molar-refractivity contribution in [3.05, 3.63) is 71.0 Å². The first-order chi connectivity index (χ1) is 14.1. The zero-order chi connectivity index (χ0) is 20.6. The van der Waals surface area contributed by atoms with E-state index in [4.69, 9.17) is 0 Å². The molecule has 1 aliphatic rings. The first kappa shape index (κ1) is 21.3. The lowest BCUT2D eigenvalue weighted by Crippen LogP contribution is -2.22. The van der Waals surface area contributed by atoms with E-state index in [1.165, 1.54) is 38.3 Å². The molecule has 0 unspecified atom stereocenters. The van der Waals surface area contributed by atoms with Crippen molar-refractivity contribution in [3.8, 4) is 0 Å². The summed E-state index contributed by atoms with van der Waals surface area (Å²) in [6.45, 7) is 2.22. The Kier molecular flexibility index (Phi) is 7.62. The highest BCUT2D eigenvalue weighted by molar-refractivity contribution is 6.02. The molecular weight excluding hydrogens is 373 g/mol. The van der Waals surface area contributed by atoms with Crippen molar-refractivity contribution in [1.29, 1.82) is 0 Å². The Bertz CT molecular complexity index is 831. The molecule has 0 saturated heterocycles. The van der Waals surface area contributed by atoms with Crippen LogP contribution in [-0.2, 0) is 0 Å². The lowest BCUT2D eigenvalue weighted by atomic mass is 9.76. The zero-order valence-electron chi connectivity index (χ0n) is 16.8. The number of rotatable bonds is 7. The van der Waals surface area contributed by atoms with Gasteiger partial charge in [0.25, 0.3) is 0 Å². The molecule has 2 aromatic rings. The van der Waals surface area contributed by atoms with Gasteiger partial charge < -0.3 is 0 Å². The van der Waals surface area contributed by atoms with Crippen LogP contribution in [0.25, 0.3) is 0 Å². The molecule has 1 aliphatic carbocycles. The Morgan fingerprint density at radius 3 is 2.28 bits per heavy atom. The van der Waals surface area contributed by atoms with E-state index in [2.05, 4.69) is 17.1 Å². The lowest BCUT2D eigenvalue weighted by molar-refractivity contribution is 0.301. The third-order valence-corrected chi connectivity index (χ3v) is 5.65. The van der Waals surface area contributed by atoms with Gasteiger partial charge in [-0.1, -0.05) is 56.5 Å². The largest absolute Gasteiger partial charge is 0.204 e. The van der Waals surface area contributed by atoms with E-state index in [0.717, 1.165) is 42.2 Å². The van der Waals surface area contributed by atoms with Crippen molar-refractivity contribution >= 4 is 11.9 Å². The van der Waals surface area contributed by atoms with Crippen molar-refractivity contribution < 1.29 is 13.2 Å². The molecule has 1 fully saturated rings. The monoisotopic (exact) mass is 400 g/mol. The van der Waals surface area contributed by atoms with Gasteiger partial charge in [-0.25, -0.2) is 13.2 Å². The Hall–Kier alpha value is -2.43. The Labute approximate surface area is 170 Å². The summed E-state index contributed by atoms with van der Waals surface area (Å²) in [7, 11) is 0. The van der Waals surface area contributed by atoms with E-state index in [1.807, 2.05) is 30.3 Å². The highest BCUT2D eigenvalue weighted by atomic mass is 19.2. The minimum absolute atomic E-state index is 0.140. The molecule has 0 aromatic heterocycles. The summed E-state index contributed by atoms with van der Waals surface area (Å²) in [4.78, 5) is 0. The molecule has 0 N–H and O–H groups in total. The van der Waals surface area contributed by atoms with E-state index in [-0.39, 0.29) is 5.56 Å². The van der Waals surface area contributed by atoms with Crippen LogP contribution in [0.4, 0.5) is 13.2 Å². The van der Waals surface area contributed by atoms with Gasteiger partial charge in [-0.05, 0) is 49.3 Å². The SMILES string of the molecule is CCCC[C@H]1CC[C@H](C(=NN=Cc2cc(F)c(F)c(F)c2)c2ccccc2)CC1. The van der Waals surface area contributed by atoms with Crippen LogP contribution in [0.5, 0.6) is 0 Å². The summed E-state index contributed by atoms with van der Waals surface area (Å²) in [5, 5.41) is 8.51. The Morgan fingerprint density at radius 2 is 1.66 bits per heavy atom. The molecule has 0 radical (unpaired) electrons. The minimum atomic E-state index is -1.48. The third kappa shape index (κ3) is 5.78. The Balaban J connectivity index is 1.78. The van der Waals surface area contributed by atoms with Gasteiger partial charge in [-0.3, -0.25) is 0 Å². The van der Waals surface area contributed by atoms with Crippen molar-refractivity contribution in [2.75, 3.05) is 0 Å². The number of unbranched alkanes of at least 4 members (excludes halogenated alkanes) is 1. The maximum Gasteiger partial charge on any atom is 0.194 e. The third-order valence-electron chi connectivity index (χ3n) is 5.65. The predicted molar refractivity (Wildman–Crippen MR) is 112 cm³/mol. The summed E-state index contributed by atoms with van der Waals surface area (Å²) in [6, 6.07) is 11.7. The molecule has 0 atom stereocenters. The topological polar surface area (TPSA) is 24.7 Å². The average Bonchev–Trinajstić information content (AvgIpc) is 2.74. The molecule has 29 heavy (non-hydrogen) atoms. The van der Waals surface area contributed by atoms with Gasteiger partial charge in [0.15, 0.2) is 17.5 Å². The van der Waals surface area contributed by atoms with Crippen molar-refractivity contribution in [3.63, 3.8) is 0 Å². The van der Waals surface area contributed by atoms with Gasteiger partial charge in [0.2, 0.25) is 0 Å². The van der Waals surface area contributed by atoms with Crippen LogP contribution in [0.15, 0.2) is 52.7 Å². The molecule has 154 valence electrons. The van der Waals surface area contributed by atoms with Crippen LogP contribution in [0, 0.1) is 29.3 Å². The highest BCUT2D eigenvalue weighted by Gasteiger charge is 2.25. The fourth-order valence-electron chi connectivity index (χ4n) is 4.01. The second-order valence-corrected chi connectivity index (χ2v) is 7.75. The number of benzene rings is 2. The summed E-state index contributed by atoms with van der Waals surface area (Å²) in [5.41, 5.74) is 2.05. The van der Waals surface area contributed by atoms with Gasteiger partial charge in [-0.15, -0.1) is 0 Å². The van der Waals surface area contributed by atoms with Crippen molar-refractivity contribution in [2.45, 2.75) is 51.9 Å². The van der Waals surface area contributed by atoms with E-state index < -0.39 is 17.5 Å². The standard InChI is InChI=1S/C24H27F3N2/c1-2-3-7-17-10-12-20(13-11-17)24(19-8-5-4-6-9-19)29-28-16-18-14-21(25)23(27)22(26)15-18/h4-6,8-9,14-17,20H,2-3,7,10-13H2,1H3/t17-,20-. The molecule has 5 heteroatoms. The van der Waals surface area contributed by atoms with Crippen LogP contribution < -0.4 is 0 Å². The van der Waals surface area contributed by atoms with E-state index in [9.17, 15) is 13.2 Å². The molecule has 2 aromatic carbocycles. The van der Waals surface area contributed by atoms with Crippen LogP contribution in [0.3, 0.4) is 0 Å². The quantitative estimate of drug-likeness (QED) is 0.274. The number of hydrogen-bond acceptors (Lipinski definition) is 2. The summed E-state index contributed by atoms with van der Waals surface area (Å²) in [6.07, 6.45) is 9.58. The fourth-order valence-corrected chi connectivity index (χ4v) is 4.01. The van der Waals surface area contributed by atoms with Crippen LogP contribution in [0.2, 0.25) is 0 Å². The lowest BCUT2D eigenvalue weighted by Gasteiger charge is -2.29. The average molecular weight is 400 g/mol. The van der Waals surface area contributed by atoms with Crippen LogP contribution >= 0.6 is 0 Å². The number of nitrogens with zero attached hydrogens (tertiary/aromatic N) is 2. The minimum Gasteiger partial charge on any atom is -0.204 e. The van der Waals surface area contributed by atoms with Crippen molar-refractivity contribution in [2.24, 2.45) is 22.0 Å². The Morgan fingerprint density at radius 1 is 1.00 bits per heavy atom. The molecule has 2 nitrogen and oxygen atoms in total. The normalized spacial score (nSPS) is 20.3. The van der Waals surface area contributed by atoms with Crippen molar-refractivity contribution in [1.82, 2.24) is 0 Å². The number of hydrogen-bond donors (Lipinski definition) is 0. The maximum atomic E-state index is 13.4. The van der Waals surface area contributed by atoms with Crippen LogP contribution in [-0.4, -0.2) is 11.9 Å². The smallest absolute Gasteiger partial charge is 0.194 e. The molecule has 0 spiro atoms. The van der Waals surface area contributed by atoms with E-state index in [1.54, 1.807) is 0 Å². The molecule has 1 saturated carbocycles. The van der Waals surface area contributed by atoms with Gasteiger partial charge in [0.1, 0.15) is 0 Å². The zero-order valence-corrected chi connectivity index (χ0v) is 16.8. The molecular formula is C24H27F3N2. The second kappa shape index (κ2) is 10.4. The van der Waals surface area contributed by atoms with Gasteiger partial charge >= 0.3 is 0 Å². The molecule has 3 rings (SSSR count). The first-order valence-electron chi connectivity index (χ1n) is 10.4. The van der Waals surface area contributed by atoms with Crippen LogP contribution in [0.1, 0.15) is 63.0 Å².